The van der Waals surface area contributed by atoms with Crippen molar-refractivity contribution in [3.63, 3.8) is 0 Å². The molecule has 0 aliphatic carbocycles. The molecule has 0 atom stereocenters. The molecule has 0 fully saturated rings. The highest BCUT2D eigenvalue weighted by Crippen LogP contribution is 2.45. The van der Waals surface area contributed by atoms with E-state index in [2.05, 4.69) is 21.2 Å². The first-order chi connectivity index (χ1) is 19.2. The SMILES string of the molecule is CCOC(=O)C1=C(C)NC(C)=C(C(=O)OCC)C1c1ccccc1-c1nc(-c2cc(Br)c(OC)cc2OC)cs1. The lowest BCUT2D eigenvalue weighted by atomic mass is 9.78. The van der Waals surface area contributed by atoms with Crippen molar-refractivity contribution in [2.45, 2.75) is 33.6 Å². The summed E-state index contributed by atoms with van der Waals surface area (Å²) in [6.07, 6.45) is 0. The van der Waals surface area contributed by atoms with Crippen LogP contribution in [0.2, 0.25) is 0 Å². The van der Waals surface area contributed by atoms with Crippen molar-refractivity contribution in [3.05, 3.63) is 74.4 Å². The molecule has 0 radical (unpaired) electrons. The minimum absolute atomic E-state index is 0.205. The topological polar surface area (TPSA) is 96.0 Å². The van der Waals surface area contributed by atoms with Crippen LogP contribution in [0.25, 0.3) is 21.8 Å². The second kappa shape index (κ2) is 12.7. The van der Waals surface area contributed by atoms with E-state index in [1.54, 1.807) is 34.1 Å². The average molecular weight is 628 g/mol. The summed E-state index contributed by atoms with van der Waals surface area (Å²) >= 11 is 5.01. The van der Waals surface area contributed by atoms with Crippen molar-refractivity contribution in [1.82, 2.24) is 10.3 Å². The molecular weight excluding hydrogens is 596 g/mol. The summed E-state index contributed by atoms with van der Waals surface area (Å²) in [5.41, 5.74) is 5.02. The molecule has 0 amide bonds. The minimum Gasteiger partial charge on any atom is -0.496 e. The number of thiazole rings is 1. The van der Waals surface area contributed by atoms with Gasteiger partial charge in [-0.25, -0.2) is 14.6 Å². The van der Waals surface area contributed by atoms with E-state index in [4.69, 9.17) is 23.9 Å². The Hall–Kier alpha value is -3.63. The number of hydrogen-bond donors (Lipinski definition) is 1. The van der Waals surface area contributed by atoms with E-state index in [1.165, 1.54) is 11.3 Å². The smallest absolute Gasteiger partial charge is 0.336 e. The van der Waals surface area contributed by atoms with Gasteiger partial charge in [-0.15, -0.1) is 11.3 Å². The van der Waals surface area contributed by atoms with Gasteiger partial charge >= 0.3 is 11.9 Å². The summed E-state index contributed by atoms with van der Waals surface area (Å²) < 4.78 is 22.7. The van der Waals surface area contributed by atoms with E-state index >= 15 is 0 Å². The maximum absolute atomic E-state index is 13.3. The third-order valence-corrected chi connectivity index (χ3v) is 8.00. The van der Waals surface area contributed by atoms with Crippen molar-refractivity contribution in [2.24, 2.45) is 0 Å². The van der Waals surface area contributed by atoms with Crippen LogP contribution in [0.15, 0.2) is 68.8 Å². The standard InChI is InChI=1S/C30H31BrN2O6S/c1-7-38-29(34)25-16(3)32-17(4)26(30(35)39-8-2)27(25)18-11-9-10-12-19(18)28-33-22(15-40-28)20-13-21(31)24(37-6)14-23(20)36-5/h9-15,27,32H,7-8H2,1-6H3. The van der Waals surface area contributed by atoms with E-state index < -0.39 is 17.9 Å². The Morgan fingerprint density at radius 1 is 0.925 bits per heavy atom. The molecule has 0 unspecified atom stereocenters. The third kappa shape index (κ3) is 5.64. The van der Waals surface area contributed by atoms with Crippen LogP contribution < -0.4 is 14.8 Å². The van der Waals surface area contributed by atoms with Crippen LogP contribution in [-0.2, 0) is 19.1 Å². The molecule has 1 aliphatic heterocycles. The van der Waals surface area contributed by atoms with Gasteiger partial charge in [0, 0.05) is 34.0 Å². The maximum atomic E-state index is 13.3. The molecule has 0 spiro atoms. The molecule has 2 aromatic carbocycles. The molecule has 2 heterocycles. The highest BCUT2D eigenvalue weighted by molar-refractivity contribution is 9.10. The van der Waals surface area contributed by atoms with E-state index in [0.29, 0.717) is 34.0 Å². The van der Waals surface area contributed by atoms with E-state index in [0.717, 1.165) is 31.9 Å². The summed E-state index contributed by atoms with van der Waals surface area (Å²) in [4.78, 5) is 31.5. The van der Waals surface area contributed by atoms with Crippen LogP contribution in [0, 0.1) is 0 Å². The summed E-state index contributed by atoms with van der Waals surface area (Å²) in [6, 6.07) is 11.4. The number of esters is 2. The highest BCUT2D eigenvalue weighted by Gasteiger charge is 2.39. The van der Waals surface area contributed by atoms with Crippen molar-refractivity contribution in [1.29, 1.82) is 0 Å². The fraction of sp³-hybridized carbons (Fsp3) is 0.300. The number of dihydropyridines is 1. The molecule has 1 aliphatic rings. The molecule has 40 heavy (non-hydrogen) atoms. The van der Waals surface area contributed by atoms with Gasteiger partial charge in [-0.3, -0.25) is 0 Å². The van der Waals surface area contributed by atoms with Gasteiger partial charge in [0.2, 0.25) is 0 Å². The number of aromatic nitrogens is 1. The molecule has 4 rings (SSSR count). The Morgan fingerprint density at radius 2 is 1.52 bits per heavy atom. The van der Waals surface area contributed by atoms with Crippen LogP contribution in [0.1, 0.15) is 39.2 Å². The van der Waals surface area contributed by atoms with Crippen LogP contribution in [0.3, 0.4) is 0 Å². The van der Waals surface area contributed by atoms with Crippen molar-refractivity contribution < 1.29 is 28.5 Å². The second-order valence-corrected chi connectivity index (χ2v) is 10.6. The molecule has 10 heteroatoms. The number of ether oxygens (including phenoxy) is 4. The molecule has 1 N–H and O–H groups in total. The Morgan fingerprint density at radius 3 is 2.10 bits per heavy atom. The number of halogens is 1. The van der Waals surface area contributed by atoms with E-state index in [9.17, 15) is 9.59 Å². The number of benzene rings is 2. The molecular formula is C30H31BrN2O6S. The highest BCUT2D eigenvalue weighted by atomic mass is 79.9. The quantitative estimate of drug-likeness (QED) is 0.265. The zero-order valence-corrected chi connectivity index (χ0v) is 25.6. The van der Waals surface area contributed by atoms with Gasteiger partial charge in [-0.1, -0.05) is 24.3 Å². The first kappa shape index (κ1) is 29.4. The Bertz CT molecular complexity index is 1470. The summed E-state index contributed by atoms with van der Waals surface area (Å²) in [6.45, 7) is 7.53. The predicted octanol–water partition coefficient (Wildman–Crippen LogP) is 6.62. The molecule has 3 aromatic rings. The van der Waals surface area contributed by atoms with Crippen LogP contribution in [0.4, 0.5) is 0 Å². The lowest BCUT2D eigenvalue weighted by Crippen LogP contribution is -2.32. The lowest BCUT2D eigenvalue weighted by molar-refractivity contribution is -0.139. The number of nitrogens with zero attached hydrogens (tertiary/aromatic N) is 1. The number of carbonyl (C=O) groups is 2. The van der Waals surface area contributed by atoms with Crippen molar-refractivity contribution in [2.75, 3.05) is 27.4 Å². The number of hydrogen-bond acceptors (Lipinski definition) is 9. The summed E-state index contributed by atoms with van der Waals surface area (Å²) in [5.74, 6) is -0.430. The molecule has 210 valence electrons. The minimum atomic E-state index is -0.715. The molecule has 1 aromatic heterocycles. The zero-order chi connectivity index (χ0) is 29.0. The number of carbonyl (C=O) groups excluding carboxylic acids is 2. The first-order valence-electron chi connectivity index (χ1n) is 12.7. The molecule has 0 saturated carbocycles. The van der Waals surface area contributed by atoms with E-state index in [1.807, 2.05) is 49.6 Å². The fourth-order valence-corrected chi connectivity index (χ4v) is 6.16. The van der Waals surface area contributed by atoms with Gasteiger partial charge in [0.1, 0.15) is 16.5 Å². The Balaban J connectivity index is 1.89. The lowest BCUT2D eigenvalue weighted by Gasteiger charge is -2.31. The normalized spacial score (nSPS) is 13.7. The second-order valence-electron chi connectivity index (χ2n) is 8.89. The Labute approximate surface area is 246 Å². The van der Waals surface area contributed by atoms with Gasteiger partial charge < -0.3 is 24.3 Å². The number of nitrogens with one attached hydrogen (secondary N) is 1. The first-order valence-corrected chi connectivity index (χ1v) is 14.4. The van der Waals surface area contributed by atoms with Gasteiger partial charge in [-0.05, 0) is 55.3 Å². The van der Waals surface area contributed by atoms with Crippen LogP contribution >= 0.6 is 27.3 Å². The largest absolute Gasteiger partial charge is 0.496 e. The predicted molar refractivity (Wildman–Crippen MR) is 158 cm³/mol. The van der Waals surface area contributed by atoms with Gasteiger partial charge in [0.05, 0.1) is 54.7 Å². The zero-order valence-electron chi connectivity index (χ0n) is 23.2. The average Bonchev–Trinajstić information content (AvgIpc) is 3.42. The van der Waals surface area contributed by atoms with Gasteiger partial charge in [0.15, 0.2) is 0 Å². The number of methoxy groups -OCH3 is 2. The maximum Gasteiger partial charge on any atom is 0.336 e. The Kier molecular flexibility index (Phi) is 9.32. The van der Waals surface area contributed by atoms with Crippen LogP contribution in [-0.4, -0.2) is 44.4 Å². The van der Waals surface area contributed by atoms with E-state index in [-0.39, 0.29) is 13.2 Å². The molecule has 0 bridgehead atoms. The number of rotatable bonds is 9. The van der Waals surface area contributed by atoms with Gasteiger partial charge in [0.25, 0.3) is 0 Å². The fourth-order valence-electron chi connectivity index (χ4n) is 4.79. The van der Waals surface area contributed by atoms with Crippen molar-refractivity contribution in [3.8, 4) is 33.3 Å². The van der Waals surface area contributed by atoms with Gasteiger partial charge in [-0.2, -0.15) is 0 Å². The number of allylic oxidation sites excluding steroid dienone is 2. The summed E-state index contributed by atoms with van der Waals surface area (Å²) in [5, 5.41) is 5.86. The van der Waals surface area contributed by atoms with Crippen molar-refractivity contribution >= 4 is 39.2 Å². The molecule has 8 nitrogen and oxygen atoms in total. The third-order valence-electron chi connectivity index (χ3n) is 6.51. The summed E-state index contributed by atoms with van der Waals surface area (Å²) in [7, 11) is 3.20. The molecule has 0 saturated heterocycles. The van der Waals surface area contributed by atoms with Crippen LogP contribution in [0.5, 0.6) is 11.5 Å². The monoisotopic (exact) mass is 626 g/mol.